The van der Waals surface area contributed by atoms with Gasteiger partial charge in [0.15, 0.2) is 0 Å². The van der Waals surface area contributed by atoms with E-state index in [0.717, 1.165) is 5.56 Å². The molecule has 0 radical (unpaired) electrons. The van der Waals surface area contributed by atoms with E-state index in [0.29, 0.717) is 16.8 Å². The van der Waals surface area contributed by atoms with Crippen LogP contribution in [-0.4, -0.2) is 59.9 Å². The van der Waals surface area contributed by atoms with Crippen molar-refractivity contribution in [3.05, 3.63) is 53.8 Å². The summed E-state index contributed by atoms with van der Waals surface area (Å²) in [6.45, 7) is 7.21. The molecule has 0 spiro atoms. The minimum absolute atomic E-state index is 0.178. The number of halogens is 1. The molecule has 1 heterocycles. The van der Waals surface area contributed by atoms with E-state index < -0.39 is 47.5 Å². The van der Waals surface area contributed by atoms with E-state index in [1.165, 1.54) is 17.9 Å². The summed E-state index contributed by atoms with van der Waals surface area (Å²) in [5.74, 6) is -2.96. The molecular formula is C30H36FN3O7. The second-order valence-electron chi connectivity index (χ2n) is 11.5. The van der Waals surface area contributed by atoms with E-state index in [2.05, 4.69) is 10.6 Å². The van der Waals surface area contributed by atoms with Gasteiger partial charge in [0.25, 0.3) is 0 Å². The number of ether oxygens (including phenoxy) is 2. The van der Waals surface area contributed by atoms with Crippen LogP contribution in [0.2, 0.25) is 0 Å². The summed E-state index contributed by atoms with van der Waals surface area (Å²) >= 11 is 0. The lowest BCUT2D eigenvalue weighted by molar-refractivity contribution is -0.163. The third kappa shape index (κ3) is 7.60. The topological polar surface area (TPSA) is 134 Å². The zero-order valence-electron chi connectivity index (χ0n) is 23.6. The van der Waals surface area contributed by atoms with E-state index in [-0.39, 0.29) is 44.3 Å². The number of rotatable bonds is 8. The standard InChI is InChI=1S/C30H36FN3O7/c1-17(35)32-15-22-16-34(29(39)40-22)20-9-10-23(26(31)11-20)19-7-5-18(6-8-19)14-33-27(37)24-12-21(36)13-25(24)28(38)41-30(2,3)4/h5-11,21-22,24-25,36H,12-16H2,1-4H3,(H,32,35)(H,33,37)/t21-,22+,24-,25?/m1/s1. The van der Waals surface area contributed by atoms with E-state index in [1.807, 2.05) is 0 Å². The monoisotopic (exact) mass is 569 g/mol. The third-order valence-electron chi connectivity index (χ3n) is 7.03. The summed E-state index contributed by atoms with van der Waals surface area (Å²) in [7, 11) is 0. The van der Waals surface area contributed by atoms with Crippen molar-refractivity contribution in [3.63, 3.8) is 0 Å². The fourth-order valence-corrected chi connectivity index (χ4v) is 5.06. The van der Waals surface area contributed by atoms with Crippen molar-refractivity contribution in [3.8, 4) is 11.1 Å². The van der Waals surface area contributed by atoms with Crippen LogP contribution in [0.1, 0.15) is 46.1 Å². The lowest BCUT2D eigenvalue weighted by atomic mass is 9.94. The molecule has 2 aromatic carbocycles. The van der Waals surface area contributed by atoms with E-state index in [9.17, 15) is 24.3 Å². The smallest absolute Gasteiger partial charge is 0.414 e. The highest BCUT2D eigenvalue weighted by Crippen LogP contribution is 2.34. The highest BCUT2D eigenvalue weighted by molar-refractivity contribution is 5.90. The van der Waals surface area contributed by atoms with E-state index in [4.69, 9.17) is 9.47 Å². The van der Waals surface area contributed by atoms with Crippen LogP contribution in [0.15, 0.2) is 42.5 Å². The predicted octanol–water partition coefficient (Wildman–Crippen LogP) is 3.30. The van der Waals surface area contributed by atoms with Crippen molar-refractivity contribution < 1.29 is 38.1 Å². The summed E-state index contributed by atoms with van der Waals surface area (Å²) < 4.78 is 25.8. The van der Waals surface area contributed by atoms with Gasteiger partial charge in [-0.05, 0) is 62.9 Å². The Hall–Kier alpha value is -3.99. The number of esters is 1. The summed E-state index contributed by atoms with van der Waals surface area (Å²) in [6.07, 6.45) is -1.50. The molecule has 2 aliphatic rings. The Morgan fingerprint density at radius 1 is 1.07 bits per heavy atom. The van der Waals surface area contributed by atoms with Crippen molar-refractivity contribution in [2.24, 2.45) is 11.8 Å². The first-order valence-electron chi connectivity index (χ1n) is 13.6. The van der Waals surface area contributed by atoms with Crippen LogP contribution in [0, 0.1) is 17.7 Å². The maximum Gasteiger partial charge on any atom is 0.414 e. The molecule has 3 amide bonds. The van der Waals surface area contributed by atoms with Crippen molar-refractivity contribution in [2.45, 2.75) is 64.9 Å². The average molecular weight is 570 g/mol. The van der Waals surface area contributed by atoms with Crippen molar-refractivity contribution >= 4 is 29.6 Å². The molecule has 2 aromatic rings. The first-order valence-corrected chi connectivity index (χ1v) is 13.6. The van der Waals surface area contributed by atoms with Gasteiger partial charge in [-0.15, -0.1) is 0 Å². The molecule has 11 heteroatoms. The quantitative estimate of drug-likeness (QED) is 0.416. The van der Waals surface area contributed by atoms with Crippen LogP contribution >= 0.6 is 0 Å². The molecule has 0 aromatic heterocycles. The number of hydrogen-bond acceptors (Lipinski definition) is 7. The zero-order chi connectivity index (χ0) is 29.9. The van der Waals surface area contributed by atoms with E-state index >= 15 is 4.39 Å². The number of nitrogens with one attached hydrogen (secondary N) is 2. The predicted molar refractivity (Wildman–Crippen MR) is 148 cm³/mol. The van der Waals surface area contributed by atoms with Gasteiger partial charge in [-0.1, -0.05) is 24.3 Å². The van der Waals surface area contributed by atoms with Crippen LogP contribution < -0.4 is 15.5 Å². The van der Waals surface area contributed by atoms with Gasteiger partial charge in [0.2, 0.25) is 11.8 Å². The van der Waals surface area contributed by atoms with Gasteiger partial charge in [-0.3, -0.25) is 19.3 Å². The van der Waals surface area contributed by atoms with Crippen LogP contribution in [0.4, 0.5) is 14.9 Å². The number of benzene rings is 2. The van der Waals surface area contributed by atoms with Gasteiger partial charge in [0, 0.05) is 19.0 Å². The first-order chi connectivity index (χ1) is 19.3. The number of cyclic esters (lactones) is 1. The Morgan fingerprint density at radius 2 is 1.76 bits per heavy atom. The Labute approximate surface area is 238 Å². The maximum atomic E-state index is 15.1. The third-order valence-corrected chi connectivity index (χ3v) is 7.03. The fraction of sp³-hybridized carbons (Fsp3) is 0.467. The molecule has 4 atom stereocenters. The Bertz CT molecular complexity index is 1310. The number of amides is 3. The Morgan fingerprint density at radius 3 is 2.39 bits per heavy atom. The fourth-order valence-electron chi connectivity index (χ4n) is 5.06. The van der Waals surface area contributed by atoms with Crippen LogP contribution in [0.5, 0.6) is 0 Å². The minimum atomic E-state index is -0.745. The Balaban J connectivity index is 1.36. The average Bonchev–Trinajstić information content (AvgIpc) is 3.48. The van der Waals surface area contributed by atoms with Gasteiger partial charge in [0.1, 0.15) is 17.5 Å². The van der Waals surface area contributed by atoms with Gasteiger partial charge < -0.3 is 25.2 Å². The minimum Gasteiger partial charge on any atom is -0.460 e. The van der Waals surface area contributed by atoms with Crippen molar-refractivity contribution in [1.29, 1.82) is 0 Å². The molecule has 0 bridgehead atoms. The zero-order valence-corrected chi connectivity index (χ0v) is 23.6. The van der Waals surface area contributed by atoms with Gasteiger partial charge in [-0.2, -0.15) is 0 Å². The van der Waals surface area contributed by atoms with Crippen molar-refractivity contribution in [1.82, 2.24) is 10.6 Å². The number of aliphatic hydroxyl groups excluding tert-OH is 1. The normalized spacial score (nSPS) is 22.3. The largest absolute Gasteiger partial charge is 0.460 e. The molecule has 41 heavy (non-hydrogen) atoms. The van der Waals surface area contributed by atoms with Crippen molar-refractivity contribution in [2.75, 3.05) is 18.0 Å². The maximum absolute atomic E-state index is 15.1. The van der Waals surface area contributed by atoms with Crippen LogP contribution in [0.25, 0.3) is 11.1 Å². The molecule has 1 saturated carbocycles. The molecule has 4 rings (SSSR count). The Kier molecular flexibility index (Phi) is 8.96. The molecule has 1 saturated heterocycles. The molecule has 220 valence electrons. The van der Waals surface area contributed by atoms with Crippen LogP contribution in [-0.2, 0) is 30.4 Å². The number of carbonyl (C=O) groups excluding carboxylic acids is 4. The number of carbonyl (C=O) groups is 4. The number of nitrogens with zero attached hydrogens (tertiary/aromatic N) is 1. The SMILES string of the molecule is CC(=O)NC[C@H]1CN(c2ccc(-c3ccc(CNC(=O)[C@@H]4C[C@@H](O)CC4C(=O)OC(C)(C)C)cc3)c(F)c2)C(=O)O1. The molecule has 2 fully saturated rings. The second-order valence-corrected chi connectivity index (χ2v) is 11.5. The van der Waals surface area contributed by atoms with E-state index in [1.54, 1.807) is 57.2 Å². The van der Waals surface area contributed by atoms with Gasteiger partial charge in [-0.25, -0.2) is 9.18 Å². The summed E-state index contributed by atoms with van der Waals surface area (Å²) in [5, 5.41) is 15.5. The summed E-state index contributed by atoms with van der Waals surface area (Å²) in [6, 6.07) is 11.5. The molecule has 1 aliphatic carbocycles. The highest BCUT2D eigenvalue weighted by atomic mass is 19.1. The summed E-state index contributed by atoms with van der Waals surface area (Å²) in [5.41, 5.74) is 1.39. The molecular weight excluding hydrogens is 533 g/mol. The van der Waals surface area contributed by atoms with Gasteiger partial charge >= 0.3 is 12.1 Å². The summed E-state index contributed by atoms with van der Waals surface area (Å²) in [4.78, 5) is 50.2. The highest BCUT2D eigenvalue weighted by Gasteiger charge is 2.44. The number of anilines is 1. The number of aliphatic hydroxyl groups is 1. The molecule has 1 unspecified atom stereocenters. The molecule has 1 aliphatic heterocycles. The molecule has 10 nitrogen and oxygen atoms in total. The first kappa shape index (κ1) is 30.0. The molecule has 3 N–H and O–H groups in total. The van der Waals surface area contributed by atoms with Crippen LogP contribution in [0.3, 0.4) is 0 Å². The lowest BCUT2D eigenvalue weighted by Gasteiger charge is -2.24. The second kappa shape index (κ2) is 12.3. The van der Waals surface area contributed by atoms with Gasteiger partial charge in [0.05, 0.1) is 36.7 Å². The number of hydrogen-bond donors (Lipinski definition) is 3. The lowest BCUT2D eigenvalue weighted by Crippen LogP contribution is -2.37.